The van der Waals surface area contributed by atoms with Crippen molar-refractivity contribution in [3.63, 3.8) is 0 Å². The number of piperidine rings is 1. The van der Waals surface area contributed by atoms with Crippen LogP contribution >= 0.6 is 11.8 Å². The lowest BCUT2D eigenvalue weighted by Gasteiger charge is -2.31. The lowest BCUT2D eigenvalue weighted by molar-refractivity contribution is -0.113. The minimum absolute atomic E-state index is 0.0166. The number of methoxy groups -OCH3 is 1. The largest absolute Gasteiger partial charge is 0.465 e. The molecule has 2 heterocycles. The van der Waals surface area contributed by atoms with Crippen LogP contribution in [0.2, 0.25) is 0 Å². The van der Waals surface area contributed by atoms with Crippen LogP contribution in [0.15, 0.2) is 53.7 Å². The number of rotatable bonds is 8. The number of anilines is 1. The van der Waals surface area contributed by atoms with Crippen molar-refractivity contribution in [1.29, 1.82) is 0 Å². The van der Waals surface area contributed by atoms with Crippen LogP contribution in [0.5, 0.6) is 0 Å². The number of amides is 1. The summed E-state index contributed by atoms with van der Waals surface area (Å²) in [5.74, 6) is -0.359. The molecule has 35 heavy (non-hydrogen) atoms. The SMILES string of the molecule is COC(=O)c1ccccc1NC(=O)CSc1nnc(C(C)N2CCCCC2)n1-c1ccc(F)cc1. The molecule has 10 heteroatoms. The molecule has 1 aliphatic heterocycles. The van der Waals surface area contributed by atoms with Crippen LogP contribution in [0.25, 0.3) is 5.69 Å². The standard InChI is InChI=1S/C25H28FN5O3S/c1-17(30-14-6-3-7-15-30)23-28-29-25(31(23)19-12-10-18(26)11-13-19)35-16-22(32)27-21-9-5-4-8-20(21)24(33)34-2/h4-5,8-13,17H,3,6-7,14-16H2,1-2H3,(H,27,32). The molecule has 4 rings (SSSR count). The van der Waals surface area contributed by atoms with Crippen LogP contribution in [-0.2, 0) is 9.53 Å². The van der Waals surface area contributed by atoms with E-state index < -0.39 is 5.97 Å². The highest BCUT2D eigenvalue weighted by atomic mass is 32.2. The first-order valence-corrected chi connectivity index (χ1v) is 12.5. The molecule has 8 nitrogen and oxygen atoms in total. The fourth-order valence-electron chi connectivity index (χ4n) is 4.14. The summed E-state index contributed by atoms with van der Waals surface area (Å²) in [6.07, 6.45) is 3.51. The predicted octanol–water partition coefficient (Wildman–Crippen LogP) is 4.47. The molecule has 1 aliphatic rings. The van der Waals surface area contributed by atoms with Gasteiger partial charge in [0.25, 0.3) is 0 Å². The number of para-hydroxylation sites is 1. The maximum Gasteiger partial charge on any atom is 0.339 e. The van der Waals surface area contributed by atoms with E-state index in [-0.39, 0.29) is 29.1 Å². The summed E-state index contributed by atoms with van der Waals surface area (Å²) in [7, 11) is 1.29. The molecule has 0 spiro atoms. The maximum absolute atomic E-state index is 13.6. The van der Waals surface area contributed by atoms with Gasteiger partial charge in [-0.3, -0.25) is 14.3 Å². The van der Waals surface area contributed by atoms with Gasteiger partial charge in [0.05, 0.1) is 30.2 Å². The van der Waals surface area contributed by atoms with Crippen molar-refractivity contribution in [2.45, 2.75) is 37.4 Å². The minimum Gasteiger partial charge on any atom is -0.465 e. The van der Waals surface area contributed by atoms with Gasteiger partial charge in [-0.2, -0.15) is 0 Å². The van der Waals surface area contributed by atoms with Gasteiger partial charge in [0, 0.05) is 5.69 Å². The van der Waals surface area contributed by atoms with Gasteiger partial charge in [0.2, 0.25) is 5.91 Å². The van der Waals surface area contributed by atoms with E-state index in [1.165, 1.54) is 37.4 Å². The summed E-state index contributed by atoms with van der Waals surface area (Å²) >= 11 is 1.23. The molecule has 0 radical (unpaired) electrons. The third-order valence-corrected chi connectivity index (χ3v) is 6.92. The van der Waals surface area contributed by atoms with Gasteiger partial charge >= 0.3 is 5.97 Å². The number of hydrogen-bond acceptors (Lipinski definition) is 7. The van der Waals surface area contributed by atoms with Gasteiger partial charge in [-0.05, 0) is 69.3 Å². The summed E-state index contributed by atoms with van der Waals surface area (Å²) in [5, 5.41) is 12.1. The monoisotopic (exact) mass is 497 g/mol. The zero-order valence-corrected chi connectivity index (χ0v) is 20.6. The molecule has 1 N–H and O–H groups in total. The van der Waals surface area contributed by atoms with Crippen molar-refractivity contribution in [2.24, 2.45) is 0 Å². The van der Waals surface area contributed by atoms with Crippen molar-refractivity contribution in [3.05, 3.63) is 65.7 Å². The molecule has 1 fully saturated rings. The molecule has 1 unspecified atom stereocenters. The zero-order chi connectivity index (χ0) is 24.8. The number of nitrogens with zero attached hydrogens (tertiary/aromatic N) is 4. The topological polar surface area (TPSA) is 89.3 Å². The number of carbonyl (C=O) groups excluding carboxylic acids is 2. The van der Waals surface area contributed by atoms with E-state index in [1.54, 1.807) is 36.4 Å². The summed E-state index contributed by atoms with van der Waals surface area (Å²) in [5.41, 5.74) is 1.39. The molecule has 1 saturated heterocycles. The summed E-state index contributed by atoms with van der Waals surface area (Å²) in [6.45, 7) is 4.07. The Morgan fingerprint density at radius 2 is 1.80 bits per heavy atom. The Morgan fingerprint density at radius 1 is 1.09 bits per heavy atom. The normalized spacial score (nSPS) is 14.9. The number of esters is 1. The van der Waals surface area contributed by atoms with Crippen molar-refractivity contribution in [2.75, 3.05) is 31.3 Å². The first kappa shape index (κ1) is 24.9. The smallest absolute Gasteiger partial charge is 0.339 e. The fourth-order valence-corrected chi connectivity index (χ4v) is 4.90. The first-order valence-electron chi connectivity index (χ1n) is 11.5. The molecule has 1 aromatic heterocycles. The van der Waals surface area contributed by atoms with E-state index in [9.17, 15) is 14.0 Å². The second-order valence-electron chi connectivity index (χ2n) is 8.30. The molecular formula is C25H28FN5O3S. The van der Waals surface area contributed by atoms with Crippen molar-refractivity contribution < 1.29 is 18.7 Å². The van der Waals surface area contributed by atoms with E-state index >= 15 is 0 Å². The van der Waals surface area contributed by atoms with Gasteiger partial charge in [-0.15, -0.1) is 10.2 Å². The van der Waals surface area contributed by atoms with Gasteiger partial charge < -0.3 is 10.1 Å². The van der Waals surface area contributed by atoms with Crippen molar-refractivity contribution >= 4 is 29.3 Å². The summed E-state index contributed by atoms with van der Waals surface area (Å²) < 4.78 is 20.3. The number of aromatic nitrogens is 3. The Morgan fingerprint density at radius 3 is 2.51 bits per heavy atom. The molecule has 3 aromatic rings. The highest BCUT2D eigenvalue weighted by Gasteiger charge is 2.26. The average molecular weight is 498 g/mol. The van der Waals surface area contributed by atoms with Gasteiger partial charge in [-0.1, -0.05) is 30.3 Å². The lowest BCUT2D eigenvalue weighted by atomic mass is 10.1. The Bertz CT molecular complexity index is 1180. The molecule has 184 valence electrons. The Kier molecular flexibility index (Phi) is 8.14. The third kappa shape index (κ3) is 5.88. The van der Waals surface area contributed by atoms with E-state index in [4.69, 9.17) is 4.74 Å². The number of nitrogens with one attached hydrogen (secondary N) is 1. The molecule has 0 bridgehead atoms. The number of thioether (sulfide) groups is 1. The van der Waals surface area contributed by atoms with Gasteiger partial charge in [-0.25, -0.2) is 9.18 Å². The summed E-state index contributed by atoms with van der Waals surface area (Å²) in [4.78, 5) is 27.1. The molecule has 1 atom stereocenters. The number of carbonyl (C=O) groups is 2. The number of likely N-dealkylation sites (tertiary alicyclic amines) is 1. The Labute approximate surface area is 207 Å². The minimum atomic E-state index is -0.527. The molecular weight excluding hydrogens is 469 g/mol. The molecule has 0 aliphatic carbocycles. The highest BCUT2D eigenvalue weighted by Crippen LogP contribution is 2.29. The van der Waals surface area contributed by atoms with Crippen molar-refractivity contribution in [3.8, 4) is 5.69 Å². The molecule has 1 amide bonds. The van der Waals surface area contributed by atoms with Crippen LogP contribution in [0.4, 0.5) is 10.1 Å². The second-order valence-corrected chi connectivity index (χ2v) is 9.24. The highest BCUT2D eigenvalue weighted by molar-refractivity contribution is 7.99. The van der Waals surface area contributed by atoms with Crippen LogP contribution < -0.4 is 5.32 Å². The predicted molar refractivity (Wildman–Crippen MR) is 132 cm³/mol. The lowest BCUT2D eigenvalue weighted by Crippen LogP contribution is -2.33. The first-order chi connectivity index (χ1) is 17.0. The number of hydrogen-bond donors (Lipinski definition) is 1. The van der Waals surface area contributed by atoms with Gasteiger partial charge in [0.1, 0.15) is 5.82 Å². The Hall–Kier alpha value is -3.24. The maximum atomic E-state index is 13.6. The summed E-state index contributed by atoms with van der Waals surface area (Å²) in [6, 6.07) is 12.8. The number of ether oxygens (including phenoxy) is 1. The number of benzene rings is 2. The molecule has 2 aromatic carbocycles. The van der Waals surface area contributed by atoms with Gasteiger partial charge in [0.15, 0.2) is 11.0 Å². The van der Waals surface area contributed by atoms with Crippen LogP contribution in [0.3, 0.4) is 0 Å². The van der Waals surface area contributed by atoms with E-state index in [0.717, 1.165) is 37.4 Å². The fraction of sp³-hybridized carbons (Fsp3) is 0.360. The third-order valence-electron chi connectivity index (χ3n) is 5.99. The quantitative estimate of drug-likeness (QED) is 0.363. The van der Waals surface area contributed by atoms with Crippen LogP contribution in [-0.4, -0.2) is 57.5 Å². The van der Waals surface area contributed by atoms with Crippen LogP contribution in [0, 0.1) is 5.82 Å². The van der Waals surface area contributed by atoms with Crippen LogP contribution in [0.1, 0.15) is 48.4 Å². The van der Waals surface area contributed by atoms with E-state index in [2.05, 4.69) is 27.3 Å². The second kappa shape index (κ2) is 11.5. The van der Waals surface area contributed by atoms with E-state index in [0.29, 0.717) is 10.8 Å². The van der Waals surface area contributed by atoms with E-state index in [1.807, 2.05) is 4.57 Å². The number of halogens is 1. The Balaban J connectivity index is 1.54. The average Bonchev–Trinajstić information content (AvgIpc) is 3.31. The zero-order valence-electron chi connectivity index (χ0n) is 19.7. The van der Waals surface area contributed by atoms with Crippen molar-refractivity contribution in [1.82, 2.24) is 19.7 Å². The molecule has 0 saturated carbocycles.